The van der Waals surface area contributed by atoms with Crippen molar-refractivity contribution in [3.8, 4) is 0 Å². The van der Waals surface area contributed by atoms with Crippen molar-refractivity contribution < 1.29 is 9.80 Å². The standard InChI is InChI=1S/C22H33ClN6/c1-17(2)11-12-29-22(24-25-26-29)21(18-7-9-19(23)10-8-18)28-15-13-27(14-16-28)20-5-3-4-6-20/h7-10,17,20-21H,3-6,11-16H2,1-2H3/p+2/t21-/m1/s1. The fraction of sp³-hybridized carbons (Fsp3) is 0.682. The lowest BCUT2D eigenvalue weighted by atomic mass is 10.0. The molecule has 1 aliphatic heterocycles. The topological polar surface area (TPSA) is 52.5 Å². The molecule has 1 saturated carbocycles. The van der Waals surface area contributed by atoms with Crippen molar-refractivity contribution in [2.75, 3.05) is 26.2 Å². The average molecular weight is 419 g/mol. The van der Waals surface area contributed by atoms with Crippen molar-refractivity contribution >= 4 is 11.6 Å². The molecule has 1 aliphatic carbocycles. The molecule has 2 fully saturated rings. The highest BCUT2D eigenvalue weighted by molar-refractivity contribution is 6.30. The summed E-state index contributed by atoms with van der Waals surface area (Å²) < 4.78 is 2.03. The molecular weight excluding hydrogens is 384 g/mol. The molecule has 1 saturated heterocycles. The maximum Gasteiger partial charge on any atom is 0.214 e. The number of rotatable bonds is 7. The Hall–Kier alpha value is -1.50. The van der Waals surface area contributed by atoms with Gasteiger partial charge in [-0.2, -0.15) is 0 Å². The number of nitrogens with zero attached hydrogens (tertiary/aromatic N) is 4. The Morgan fingerprint density at radius 1 is 1.07 bits per heavy atom. The number of quaternary nitrogens is 2. The maximum absolute atomic E-state index is 6.18. The molecule has 29 heavy (non-hydrogen) atoms. The van der Waals surface area contributed by atoms with Gasteiger partial charge in [-0.05, 0) is 60.6 Å². The molecule has 2 aliphatic rings. The van der Waals surface area contributed by atoms with E-state index in [0.29, 0.717) is 5.92 Å². The zero-order chi connectivity index (χ0) is 20.2. The van der Waals surface area contributed by atoms with E-state index in [9.17, 15) is 0 Å². The molecule has 0 bridgehead atoms. The van der Waals surface area contributed by atoms with Crippen LogP contribution in [0.2, 0.25) is 5.02 Å². The summed E-state index contributed by atoms with van der Waals surface area (Å²) in [6.07, 6.45) is 6.75. The van der Waals surface area contributed by atoms with Crippen LogP contribution in [0.4, 0.5) is 0 Å². The van der Waals surface area contributed by atoms with Crippen molar-refractivity contribution in [1.82, 2.24) is 20.2 Å². The lowest BCUT2D eigenvalue weighted by Gasteiger charge is -2.36. The highest BCUT2D eigenvalue weighted by Crippen LogP contribution is 2.20. The van der Waals surface area contributed by atoms with E-state index in [-0.39, 0.29) is 6.04 Å². The summed E-state index contributed by atoms with van der Waals surface area (Å²) in [5, 5.41) is 13.7. The number of piperazine rings is 1. The van der Waals surface area contributed by atoms with E-state index in [4.69, 9.17) is 11.6 Å². The van der Waals surface area contributed by atoms with E-state index >= 15 is 0 Å². The number of benzene rings is 1. The van der Waals surface area contributed by atoms with Gasteiger partial charge < -0.3 is 9.80 Å². The summed E-state index contributed by atoms with van der Waals surface area (Å²) in [7, 11) is 0. The normalized spacial score (nSPS) is 24.3. The molecule has 1 aromatic carbocycles. The summed E-state index contributed by atoms with van der Waals surface area (Å²) in [6.45, 7) is 10.2. The minimum absolute atomic E-state index is 0.166. The van der Waals surface area contributed by atoms with Gasteiger partial charge in [0.25, 0.3) is 0 Å². The second-order valence-corrected chi connectivity index (χ2v) is 9.66. The highest BCUT2D eigenvalue weighted by atomic mass is 35.5. The Morgan fingerprint density at radius 3 is 2.41 bits per heavy atom. The van der Waals surface area contributed by atoms with Gasteiger partial charge in [-0.25, -0.2) is 4.68 Å². The first-order valence-electron chi connectivity index (χ1n) is 11.3. The van der Waals surface area contributed by atoms with Gasteiger partial charge in [0, 0.05) is 17.1 Å². The van der Waals surface area contributed by atoms with Crippen LogP contribution in [0.3, 0.4) is 0 Å². The Morgan fingerprint density at radius 2 is 1.76 bits per heavy atom. The largest absolute Gasteiger partial charge is 0.323 e. The summed E-state index contributed by atoms with van der Waals surface area (Å²) in [4.78, 5) is 3.40. The molecule has 7 heteroatoms. The number of halogens is 1. The van der Waals surface area contributed by atoms with Crippen LogP contribution in [0, 0.1) is 5.92 Å². The van der Waals surface area contributed by atoms with E-state index in [1.165, 1.54) is 44.3 Å². The molecule has 2 aromatic rings. The van der Waals surface area contributed by atoms with Gasteiger partial charge in [0.1, 0.15) is 26.2 Å². The van der Waals surface area contributed by atoms with Gasteiger partial charge >= 0.3 is 0 Å². The second-order valence-electron chi connectivity index (χ2n) is 9.23. The molecule has 0 radical (unpaired) electrons. The van der Waals surface area contributed by atoms with Crippen molar-refractivity contribution in [1.29, 1.82) is 0 Å². The predicted molar refractivity (Wildman–Crippen MR) is 114 cm³/mol. The maximum atomic E-state index is 6.18. The molecule has 158 valence electrons. The van der Waals surface area contributed by atoms with E-state index in [1.807, 2.05) is 21.7 Å². The molecular formula is C22H35ClN6+2. The van der Waals surface area contributed by atoms with Crippen LogP contribution < -0.4 is 9.80 Å². The van der Waals surface area contributed by atoms with Crippen LogP contribution in [0.1, 0.15) is 63.4 Å². The number of aryl methyl sites for hydroxylation is 1. The Bertz CT molecular complexity index is 760. The molecule has 0 spiro atoms. The molecule has 1 atom stereocenters. The first-order chi connectivity index (χ1) is 14.1. The van der Waals surface area contributed by atoms with E-state index in [1.54, 1.807) is 4.90 Å². The SMILES string of the molecule is CC(C)CCn1nnnc1[C@@H](c1ccc(Cl)cc1)[NH+]1CC[NH+](C2CCCC2)CC1. The molecule has 2 heterocycles. The van der Waals surface area contributed by atoms with Gasteiger partial charge in [-0.3, -0.25) is 0 Å². The van der Waals surface area contributed by atoms with Gasteiger partial charge in [0.15, 0.2) is 6.04 Å². The second kappa shape index (κ2) is 9.54. The monoisotopic (exact) mass is 418 g/mol. The van der Waals surface area contributed by atoms with Crippen LogP contribution in [0.15, 0.2) is 24.3 Å². The van der Waals surface area contributed by atoms with Crippen LogP contribution in [-0.2, 0) is 6.54 Å². The third-order valence-corrected chi connectivity index (χ3v) is 7.07. The Kier molecular flexibility index (Phi) is 6.83. The summed E-state index contributed by atoms with van der Waals surface area (Å²) in [5.74, 6) is 1.62. The fourth-order valence-electron chi connectivity index (χ4n) is 5.10. The Labute approximate surface area is 179 Å². The average Bonchev–Trinajstić information content (AvgIpc) is 3.41. The van der Waals surface area contributed by atoms with Crippen LogP contribution in [-0.4, -0.2) is 52.4 Å². The number of hydrogen-bond acceptors (Lipinski definition) is 3. The zero-order valence-corrected chi connectivity index (χ0v) is 18.5. The van der Waals surface area contributed by atoms with Crippen molar-refractivity contribution in [2.24, 2.45) is 5.92 Å². The molecule has 1 aromatic heterocycles. The third-order valence-electron chi connectivity index (χ3n) is 6.81. The molecule has 6 nitrogen and oxygen atoms in total. The van der Waals surface area contributed by atoms with Crippen LogP contribution in [0.25, 0.3) is 0 Å². The zero-order valence-electron chi connectivity index (χ0n) is 17.8. The van der Waals surface area contributed by atoms with Gasteiger partial charge in [-0.1, -0.05) is 37.6 Å². The van der Waals surface area contributed by atoms with Gasteiger partial charge in [-0.15, -0.1) is 5.10 Å². The number of nitrogens with one attached hydrogen (secondary N) is 2. The van der Waals surface area contributed by atoms with Crippen molar-refractivity contribution in [3.63, 3.8) is 0 Å². The molecule has 4 rings (SSSR count). The number of hydrogen-bond donors (Lipinski definition) is 2. The van der Waals surface area contributed by atoms with E-state index < -0.39 is 0 Å². The lowest BCUT2D eigenvalue weighted by molar-refractivity contribution is -1.03. The minimum Gasteiger partial charge on any atom is -0.323 e. The molecule has 2 N–H and O–H groups in total. The van der Waals surface area contributed by atoms with Gasteiger partial charge in [0.05, 0.1) is 6.04 Å². The van der Waals surface area contributed by atoms with Crippen molar-refractivity contribution in [2.45, 2.75) is 64.6 Å². The van der Waals surface area contributed by atoms with Gasteiger partial charge in [0.2, 0.25) is 5.82 Å². The van der Waals surface area contributed by atoms with E-state index in [2.05, 4.69) is 41.5 Å². The van der Waals surface area contributed by atoms with Crippen molar-refractivity contribution in [3.05, 3.63) is 40.7 Å². The first-order valence-corrected chi connectivity index (χ1v) is 11.7. The quantitative estimate of drug-likeness (QED) is 0.710. The summed E-state index contributed by atoms with van der Waals surface area (Å²) >= 11 is 6.18. The smallest absolute Gasteiger partial charge is 0.214 e. The van der Waals surface area contributed by atoms with Crippen LogP contribution in [0.5, 0.6) is 0 Å². The number of aromatic nitrogens is 4. The first kappa shape index (κ1) is 20.8. The Balaban J connectivity index is 1.55. The summed E-state index contributed by atoms with van der Waals surface area (Å²) in [6, 6.07) is 9.34. The number of tetrazole rings is 1. The van der Waals surface area contributed by atoms with Crippen LogP contribution >= 0.6 is 11.6 Å². The highest BCUT2D eigenvalue weighted by Gasteiger charge is 2.38. The predicted octanol–water partition coefficient (Wildman–Crippen LogP) is 1.19. The fourth-order valence-corrected chi connectivity index (χ4v) is 5.23. The third kappa shape index (κ3) is 4.98. The summed E-state index contributed by atoms with van der Waals surface area (Å²) in [5.41, 5.74) is 1.26. The molecule has 0 unspecified atom stereocenters. The lowest BCUT2D eigenvalue weighted by Crippen LogP contribution is -3.29. The minimum atomic E-state index is 0.166. The molecule has 0 amide bonds. The van der Waals surface area contributed by atoms with E-state index in [0.717, 1.165) is 42.9 Å².